The minimum Gasteiger partial charge on any atom is -0.484 e. The van der Waals surface area contributed by atoms with Crippen molar-refractivity contribution in [3.8, 4) is 5.75 Å². The van der Waals surface area contributed by atoms with E-state index in [1.165, 1.54) is 4.90 Å². The first-order valence-electron chi connectivity index (χ1n) is 9.42. The van der Waals surface area contributed by atoms with Gasteiger partial charge in [0.1, 0.15) is 11.8 Å². The van der Waals surface area contributed by atoms with Gasteiger partial charge in [0.05, 0.1) is 0 Å². The maximum atomic E-state index is 12.9. The summed E-state index contributed by atoms with van der Waals surface area (Å²) in [5, 5.41) is 3.40. The number of rotatable bonds is 9. The van der Waals surface area contributed by atoms with Crippen LogP contribution >= 0.6 is 11.6 Å². The fraction of sp³-hybridized carbons (Fsp3) is 0.364. The van der Waals surface area contributed by atoms with Crippen LogP contribution in [0.1, 0.15) is 31.4 Å². The molecule has 0 fully saturated rings. The number of carbonyl (C=O) groups is 2. The Labute approximate surface area is 171 Å². The Kier molecular flexibility index (Phi) is 8.33. The maximum absolute atomic E-state index is 12.9. The molecule has 0 aliphatic heterocycles. The molecule has 0 aromatic heterocycles. The highest BCUT2D eigenvalue weighted by molar-refractivity contribution is 6.31. The summed E-state index contributed by atoms with van der Waals surface area (Å²) in [5.74, 6) is 0.146. The van der Waals surface area contributed by atoms with Crippen LogP contribution in [0.2, 0.25) is 5.02 Å². The molecule has 150 valence electrons. The maximum Gasteiger partial charge on any atom is 0.261 e. The molecule has 6 heteroatoms. The molecule has 0 aliphatic rings. The van der Waals surface area contributed by atoms with Crippen molar-refractivity contribution in [1.29, 1.82) is 0 Å². The Morgan fingerprint density at radius 3 is 2.61 bits per heavy atom. The summed E-state index contributed by atoms with van der Waals surface area (Å²) in [5.41, 5.74) is 1.83. The van der Waals surface area contributed by atoms with Gasteiger partial charge in [0, 0.05) is 18.1 Å². The number of benzene rings is 2. The van der Waals surface area contributed by atoms with Crippen molar-refractivity contribution >= 4 is 23.4 Å². The summed E-state index contributed by atoms with van der Waals surface area (Å²) < 4.78 is 5.65. The van der Waals surface area contributed by atoms with Crippen LogP contribution in [0.5, 0.6) is 5.75 Å². The van der Waals surface area contributed by atoms with Crippen LogP contribution in [0.4, 0.5) is 0 Å². The van der Waals surface area contributed by atoms with Gasteiger partial charge in [-0.15, -0.1) is 0 Å². The van der Waals surface area contributed by atoms with E-state index in [-0.39, 0.29) is 25.0 Å². The number of halogens is 1. The SMILES string of the molecule is CCCNC(=O)[C@H](C)N(Cc1ccccc1Cl)C(=O)COc1cccc(C)c1. The van der Waals surface area contributed by atoms with E-state index in [2.05, 4.69) is 5.32 Å². The first-order valence-corrected chi connectivity index (χ1v) is 9.80. The van der Waals surface area contributed by atoms with Crippen molar-refractivity contribution in [1.82, 2.24) is 10.2 Å². The summed E-state index contributed by atoms with van der Waals surface area (Å²) in [6.07, 6.45) is 0.827. The van der Waals surface area contributed by atoms with Crippen molar-refractivity contribution in [3.63, 3.8) is 0 Å². The second-order valence-corrected chi connectivity index (χ2v) is 7.09. The fourth-order valence-electron chi connectivity index (χ4n) is 2.72. The number of ether oxygens (including phenoxy) is 1. The molecule has 0 saturated heterocycles. The number of amides is 2. The molecule has 1 atom stereocenters. The van der Waals surface area contributed by atoms with Crippen LogP contribution in [0.3, 0.4) is 0 Å². The average molecular weight is 403 g/mol. The van der Waals surface area contributed by atoms with Gasteiger partial charge in [0.25, 0.3) is 5.91 Å². The number of hydrogen-bond donors (Lipinski definition) is 1. The summed E-state index contributed by atoms with van der Waals surface area (Å²) in [4.78, 5) is 26.9. The Balaban J connectivity index is 2.14. The first-order chi connectivity index (χ1) is 13.4. The molecule has 0 heterocycles. The minimum atomic E-state index is -0.642. The zero-order chi connectivity index (χ0) is 20.5. The van der Waals surface area contributed by atoms with E-state index in [1.807, 2.05) is 50.2 Å². The van der Waals surface area contributed by atoms with E-state index in [4.69, 9.17) is 16.3 Å². The zero-order valence-corrected chi connectivity index (χ0v) is 17.3. The normalized spacial score (nSPS) is 11.6. The Hall–Kier alpha value is -2.53. The molecule has 0 spiro atoms. The smallest absolute Gasteiger partial charge is 0.261 e. The largest absolute Gasteiger partial charge is 0.484 e. The highest BCUT2D eigenvalue weighted by Gasteiger charge is 2.26. The van der Waals surface area contributed by atoms with E-state index in [0.717, 1.165) is 17.5 Å². The molecule has 0 bridgehead atoms. The van der Waals surface area contributed by atoms with Gasteiger partial charge in [-0.05, 0) is 49.6 Å². The number of nitrogens with zero attached hydrogens (tertiary/aromatic N) is 1. The quantitative estimate of drug-likeness (QED) is 0.690. The van der Waals surface area contributed by atoms with Crippen LogP contribution < -0.4 is 10.1 Å². The molecule has 28 heavy (non-hydrogen) atoms. The van der Waals surface area contributed by atoms with Crippen LogP contribution in [0.25, 0.3) is 0 Å². The van der Waals surface area contributed by atoms with E-state index in [9.17, 15) is 9.59 Å². The molecule has 5 nitrogen and oxygen atoms in total. The standard InChI is InChI=1S/C22H27ClN2O3/c1-4-12-24-22(27)17(3)25(14-18-9-5-6-11-20(18)23)21(26)15-28-19-10-7-8-16(2)13-19/h5-11,13,17H,4,12,14-15H2,1-3H3,(H,24,27)/t17-/m0/s1. The summed E-state index contributed by atoms with van der Waals surface area (Å²) >= 11 is 6.26. The first kappa shape index (κ1) is 21.8. The summed E-state index contributed by atoms with van der Waals surface area (Å²) in [6.45, 7) is 6.30. The molecule has 0 saturated carbocycles. The molecule has 2 rings (SSSR count). The topological polar surface area (TPSA) is 58.6 Å². The van der Waals surface area contributed by atoms with Gasteiger partial charge in [-0.25, -0.2) is 0 Å². The second kappa shape index (κ2) is 10.7. The monoisotopic (exact) mass is 402 g/mol. The van der Waals surface area contributed by atoms with Gasteiger partial charge < -0.3 is 15.0 Å². The van der Waals surface area contributed by atoms with Crippen molar-refractivity contribution in [2.45, 2.75) is 39.8 Å². The third-order valence-electron chi connectivity index (χ3n) is 4.37. The van der Waals surface area contributed by atoms with Crippen LogP contribution in [0, 0.1) is 6.92 Å². The summed E-state index contributed by atoms with van der Waals surface area (Å²) in [6, 6.07) is 14.2. The molecule has 0 aliphatic carbocycles. The van der Waals surface area contributed by atoms with Gasteiger partial charge in [-0.1, -0.05) is 48.9 Å². The molecule has 0 radical (unpaired) electrons. The molecule has 0 unspecified atom stereocenters. The van der Waals surface area contributed by atoms with E-state index in [0.29, 0.717) is 17.3 Å². The van der Waals surface area contributed by atoms with Gasteiger partial charge >= 0.3 is 0 Å². The highest BCUT2D eigenvalue weighted by Crippen LogP contribution is 2.19. The average Bonchev–Trinajstić information content (AvgIpc) is 2.69. The zero-order valence-electron chi connectivity index (χ0n) is 16.6. The number of hydrogen-bond acceptors (Lipinski definition) is 3. The second-order valence-electron chi connectivity index (χ2n) is 6.69. The Bertz CT molecular complexity index is 810. The lowest BCUT2D eigenvalue weighted by atomic mass is 10.1. The lowest BCUT2D eigenvalue weighted by molar-refractivity contribution is -0.142. The molecule has 2 aromatic rings. The fourth-order valence-corrected chi connectivity index (χ4v) is 2.92. The predicted molar refractivity (Wildman–Crippen MR) is 111 cm³/mol. The van der Waals surface area contributed by atoms with Crippen molar-refractivity contribution in [2.75, 3.05) is 13.2 Å². The van der Waals surface area contributed by atoms with Crippen molar-refractivity contribution in [2.24, 2.45) is 0 Å². The number of aryl methyl sites for hydroxylation is 1. The Morgan fingerprint density at radius 1 is 1.18 bits per heavy atom. The van der Waals surface area contributed by atoms with E-state index < -0.39 is 6.04 Å². The van der Waals surface area contributed by atoms with Crippen molar-refractivity contribution in [3.05, 3.63) is 64.7 Å². The minimum absolute atomic E-state index is 0.153. The van der Waals surface area contributed by atoms with Crippen molar-refractivity contribution < 1.29 is 14.3 Å². The predicted octanol–water partition coefficient (Wildman–Crippen LogP) is 3.97. The van der Waals surface area contributed by atoms with Crippen LogP contribution in [-0.2, 0) is 16.1 Å². The Morgan fingerprint density at radius 2 is 1.93 bits per heavy atom. The molecular formula is C22H27ClN2O3. The van der Waals surface area contributed by atoms with Gasteiger partial charge in [0.15, 0.2) is 6.61 Å². The van der Waals surface area contributed by atoms with Gasteiger partial charge in [-0.2, -0.15) is 0 Å². The highest BCUT2D eigenvalue weighted by atomic mass is 35.5. The molecule has 1 N–H and O–H groups in total. The van der Waals surface area contributed by atoms with Gasteiger partial charge in [-0.3, -0.25) is 9.59 Å². The number of nitrogens with one attached hydrogen (secondary N) is 1. The van der Waals surface area contributed by atoms with Crippen LogP contribution in [0.15, 0.2) is 48.5 Å². The third-order valence-corrected chi connectivity index (χ3v) is 4.74. The lowest BCUT2D eigenvalue weighted by Gasteiger charge is -2.29. The van der Waals surface area contributed by atoms with Crippen LogP contribution in [-0.4, -0.2) is 35.9 Å². The lowest BCUT2D eigenvalue weighted by Crippen LogP contribution is -2.49. The van der Waals surface area contributed by atoms with Gasteiger partial charge in [0.2, 0.25) is 5.91 Å². The molecule has 2 aromatic carbocycles. The number of carbonyl (C=O) groups excluding carboxylic acids is 2. The summed E-state index contributed by atoms with van der Waals surface area (Å²) in [7, 11) is 0. The van der Waals surface area contributed by atoms with E-state index in [1.54, 1.807) is 19.1 Å². The molecule has 2 amide bonds. The van der Waals surface area contributed by atoms with E-state index >= 15 is 0 Å². The third kappa shape index (κ3) is 6.27. The molecular weight excluding hydrogens is 376 g/mol.